The third-order valence-corrected chi connectivity index (χ3v) is 3.92. The van der Waals surface area contributed by atoms with Gasteiger partial charge in [-0.15, -0.1) is 0 Å². The quantitative estimate of drug-likeness (QED) is 0.799. The number of nitrogens with zero attached hydrogens (tertiary/aromatic N) is 2. The fourth-order valence-electron chi connectivity index (χ4n) is 2.74. The molecule has 0 bridgehead atoms. The lowest BCUT2D eigenvalue weighted by molar-refractivity contribution is 0.290. The molecule has 2 aliphatic carbocycles. The summed E-state index contributed by atoms with van der Waals surface area (Å²) in [5.74, 6) is 0. The zero-order valence-corrected chi connectivity index (χ0v) is 9.37. The number of aromatic nitrogens is 2. The van der Waals surface area contributed by atoms with Crippen molar-refractivity contribution in [1.82, 2.24) is 15.1 Å². The Morgan fingerprint density at radius 3 is 2.93 bits per heavy atom. The van der Waals surface area contributed by atoms with Crippen molar-refractivity contribution in [3.05, 3.63) is 17.5 Å². The van der Waals surface area contributed by atoms with Crippen LogP contribution in [0, 0.1) is 0 Å². The highest BCUT2D eigenvalue weighted by molar-refractivity contribution is 5.24. The van der Waals surface area contributed by atoms with Gasteiger partial charge in [-0.3, -0.25) is 4.68 Å². The van der Waals surface area contributed by atoms with Crippen molar-refractivity contribution >= 4 is 0 Å². The van der Waals surface area contributed by atoms with Crippen LogP contribution in [0.25, 0.3) is 0 Å². The van der Waals surface area contributed by atoms with Crippen molar-refractivity contribution in [3.8, 4) is 0 Å². The molecule has 1 fully saturated rings. The molecule has 3 rings (SSSR count). The first kappa shape index (κ1) is 9.40. The Hall–Kier alpha value is -0.830. The first-order valence-electron chi connectivity index (χ1n) is 6.11. The van der Waals surface area contributed by atoms with Gasteiger partial charge in [0.25, 0.3) is 0 Å². The van der Waals surface area contributed by atoms with Crippen LogP contribution in [-0.4, -0.2) is 15.8 Å². The van der Waals surface area contributed by atoms with Gasteiger partial charge in [-0.2, -0.15) is 5.10 Å². The molecule has 0 spiro atoms. The van der Waals surface area contributed by atoms with E-state index in [9.17, 15) is 0 Å². The van der Waals surface area contributed by atoms with Crippen molar-refractivity contribution < 1.29 is 0 Å². The Morgan fingerprint density at radius 1 is 1.33 bits per heavy atom. The van der Waals surface area contributed by atoms with Gasteiger partial charge >= 0.3 is 0 Å². The minimum Gasteiger partial charge on any atom is -0.307 e. The lowest BCUT2D eigenvalue weighted by atomic mass is 9.88. The van der Waals surface area contributed by atoms with Crippen LogP contribution in [0.2, 0.25) is 0 Å². The van der Waals surface area contributed by atoms with Gasteiger partial charge in [0.1, 0.15) is 0 Å². The average Bonchev–Trinajstić information content (AvgIpc) is 2.55. The van der Waals surface area contributed by atoms with Gasteiger partial charge in [0.2, 0.25) is 0 Å². The van der Waals surface area contributed by atoms with E-state index in [4.69, 9.17) is 0 Å². The molecule has 1 N–H and O–H groups in total. The minimum absolute atomic E-state index is 0.577. The Bertz CT molecular complexity index is 352. The fourth-order valence-corrected chi connectivity index (χ4v) is 2.74. The highest BCUT2D eigenvalue weighted by Gasteiger charge is 2.27. The molecule has 0 amide bonds. The molecule has 1 saturated carbocycles. The van der Waals surface area contributed by atoms with E-state index in [2.05, 4.69) is 23.7 Å². The second-order valence-electron chi connectivity index (χ2n) is 4.91. The number of rotatable bonds is 2. The van der Waals surface area contributed by atoms with Gasteiger partial charge in [0.05, 0.1) is 6.20 Å². The predicted molar refractivity (Wildman–Crippen MR) is 59.7 cm³/mol. The van der Waals surface area contributed by atoms with E-state index in [-0.39, 0.29) is 0 Å². The summed E-state index contributed by atoms with van der Waals surface area (Å²) in [6.07, 6.45) is 9.99. The largest absolute Gasteiger partial charge is 0.307 e. The molecule has 1 atom stereocenters. The summed E-state index contributed by atoms with van der Waals surface area (Å²) < 4.78 is 2.05. The standard InChI is InChI=1S/C12H19N3/c1-15-12-7-3-6-11(10(12)8-13-15)14-9-4-2-5-9/h8-9,11,14H,2-7H2,1H3. The average molecular weight is 205 g/mol. The molecule has 1 aromatic rings. The van der Waals surface area contributed by atoms with Gasteiger partial charge in [-0.1, -0.05) is 6.42 Å². The molecular weight excluding hydrogens is 186 g/mol. The maximum Gasteiger partial charge on any atom is 0.0540 e. The summed E-state index contributed by atoms with van der Waals surface area (Å²) in [5, 5.41) is 8.15. The molecule has 15 heavy (non-hydrogen) atoms. The van der Waals surface area contributed by atoms with Crippen molar-refractivity contribution in [2.24, 2.45) is 7.05 Å². The molecule has 1 aromatic heterocycles. The van der Waals surface area contributed by atoms with Crippen molar-refractivity contribution in [1.29, 1.82) is 0 Å². The maximum absolute atomic E-state index is 4.38. The second-order valence-corrected chi connectivity index (χ2v) is 4.91. The van der Waals surface area contributed by atoms with Crippen LogP contribution in [0.4, 0.5) is 0 Å². The molecule has 0 aromatic carbocycles. The third kappa shape index (κ3) is 1.59. The van der Waals surface area contributed by atoms with Crippen LogP contribution in [0.15, 0.2) is 6.20 Å². The van der Waals surface area contributed by atoms with E-state index in [1.165, 1.54) is 49.8 Å². The molecule has 3 heteroatoms. The van der Waals surface area contributed by atoms with E-state index in [1.807, 2.05) is 4.68 Å². The minimum atomic E-state index is 0.577. The van der Waals surface area contributed by atoms with Crippen LogP contribution >= 0.6 is 0 Å². The molecular formula is C12H19N3. The number of hydrogen-bond acceptors (Lipinski definition) is 2. The van der Waals surface area contributed by atoms with Crippen molar-refractivity contribution in [2.45, 2.75) is 50.6 Å². The van der Waals surface area contributed by atoms with Gasteiger partial charge in [-0.25, -0.2) is 0 Å². The van der Waals surface area contributed by atoms with Crippen LogP contribution in [0.5, 0.6) is 0 Å². The summed E-state index contributed by atoms with van der Waals surface area (Å²) in [7, 11) is 2.06. The van der Waals surface area contributed by atoms with Crippen LogP contribution in [0.3, 0.4) is 0 Å². The van der Waals surface area contributed by atoms with Crippen molar-refractivity contribution in [3.63, 3.8) is 0 Å². The first-order chi connectivity index (χ1) is 7.34. The van der Waals surface area contributed by atoms with E-state index in [0.29, 0.717) is 6.04 Å². The van der Waals surface area contributed by atoms with Crippen LogP contribution in [0.1, 0.15) is 49.4 Å². The maximum atomic E-state index is 4.38. The number of aryl methyl sites for hydroxylation is 1. The Labute approximate surface area is 90.9 Å². The lowest BCUT2D eigenvalue weighted by Crippen LogP contribution is -2.39. The van der Waals surface area contributed by atoms with Crippen molar-refractivity contribution in [2.75, 3.05) is 0 Å². The highest BCUT2D eigenvalue weighted by Crippen LogP contribution is 2.31. The molecule has 3 nitrogen and oxygen atoms in total. The molecule has 1 heterocycles. The molecule has 0 radical (unpaired) electrons. The normalized spacial score (nSPS) is 26.1. The monoisotopic (exact) mass is 205 g/mol. The molecule has 82 valence electrons. The Kier molecular flexibility index (Phi) is 2.28. The zero-order chi connectivity index (χ0) is 10.3. The lowest BCUT2D eigenvalue weighted by Gasteiger charge is -2.33. The SMILES string of the molecule is Cn1ncc2c1CCCC2NC1CCC1. The summed E-state index contributed by atoms with van der Waals surface area (Å²) in [5.41, 5.74) is 2.90. The van der Waals surface area contributed by atoms with Crippen LogP contribution in [-0.2, 0) is 13.5 Å². The van der Waals surface area contributed by atoms with E-state index < -0.39 is 0 Å². The molecule has 1 unspecified atom stereocenters. The fraction of sp³-hybridized carbons (Fsp3) is 0.750. The zero-order valence-electron chi connectivity index (χ0n) is 9.37. The van der Waals surface area contributed by atoms with Gasteiger partial charge in [0, 0.05) is 30.4 Å². The second kappa shape index (κ2) is 3.63. The predicted octanol–water partition coefficient (Wildman–Crippen LogP) is 1.94. The highest BCUT2D eigenvalue weighted by atomic mass is 15.3. The molecule has 2 aliphatic rings. The van der Waals surface area contributed by atoms with E-state index >= 15 is 0 Å². The number of nitrogens with one attached hydrogen (secondary N) is 1. The molecule has 0 saturated heterocycles. The topological polar surface area (TPSA) is 29.9 Å². The molecule has 0 aliphatic heterocycles. The summed E-state index contributed by atoms with van der Waals surface area (Å²) in [6.45, 7) is 0. The smallest absolute Gasteiger partial charge is 0.0540 e. The third-order valence-electron chi connectivity index (χ3n) is 3.92. The van der Waals surface area contributed by atoms with E-state index in [1.54, 1.807) is 0 Å². The summed E-state index contributed by atoms with van der Waals surface area (Å²) in [6, 6.07) is 1.36. The van der Waals surface area contributed by atoms with Crippen LogP contribution < -0.4 is 5.32 Å². The Morgan fingerprint density at radius 2 is 2.20 bits per heavy atom. The summed E-state index contributed by atoms with van der Waals surface area (Å²) in [4.78, 5) is 0. The van der Waals surface area contributed by atoms with Gasteiger partial charge in [-0.05, 0) is 32.1 Å². The van der Waals surface area contributed by atoms with Gasteiger partial charge in [0.15, 0.2) is 0 Å². The van der Waals surface area contributed by atoms with E-state index in [0.717, 1.165) is 6.04 Å². The number of hydrogen-bond donors (Lipinski definition) is 1. The first-order valence-corrected chi connectivity index (χ1v) is 6.11. The number of fused-ring (bicyclic) bond motifs is 1. The summed E-state index contributed by atoms with van der Waals surface area (Å²) >= 11 is 0. The Balaban J connectivity index is 1.79. The van der Waals surface area contributed by atoms with Gasteiger partial charge < -0.3 is 5.32 Å².